The SMILES string of the molecule is CC(C)(CN1CCCC1)c1cccc(CN)c1. The zero-order chi connectivity index (χ0) is 12.3. The van der Waals surface area contributed by atoms with Crippen LogP contribution in [0, 0.1) is 0 Å². The second kappa shape index (κ2) is 5.19. The molecule has 1 heterocycles. The highest BCUT2D eigenvalue weighted by molar-refractivity contribution is 5.29. The average molecular weight is 232 g/mol. The molecule has 2 nitrogen and oxygen atoms in total. The molecule has 1 saturated heterocycles. The van der Waals surface area contributed by atoms with Gasteiger partial charge in [-0.2, -0.15) is 0 Å². The minimum atomic E-state index is 0.218. The molecule has 17 heavy (non-hydrogen) atoms. The standard InChI is InChI=1S/C15H24N2/c1-15(2,12-17-8-3-4-9-17)14-7-5-6-13(10-14)11-16/h5-7,10H,3-4,8-9,11-12,16H2,1-2H3. The van der Waals surface area contributed by atoms with Gasteiger partial charge in [-0.15, -0.1) is 0 Å². The summed E-state index contributed by atoms with van der Waals surface area (Å²) in [6, 6.07) is 8.73. The Morgan fingerprint density at radius 3 is 2.59 bits per heavy atom. The minimum absolute atomic E-state index is 0.218. The maximum Gasteiger partial charge on any atom is 0.0178 e. The zero-order valence-corrected chi connectivity index (χ0v) is 11.1. The fourth-order valence-corrected chi connectivity index (χ4v) is 2.71. The van der Waals surface area contributed by atoms with E-state index in [1.54, 1.807) is 0 Å². The van der Waals surface area contributed by atoms with Crippen LogP contribution in [0.5, 0.6) is 0 Å². The molecule has 2 N–H and O–H groups in total. The van der Waals surface area contributed by atoms with Gasteiger partial charge in [0, 0.05) is 18.5 Å². The van der Waals surface area contributed by atoms with E-state index in [2.05, 4.69) is 43.0 Å². The van der Waals surface area contributed by atoms with Crippen LogP contribution < -0.4 is 5.73 Å². The van der Waals surface area contributed by atoms with Gasteiger partial charge in [-0.25, -0.2) is 0 Å². The number of hydrogen-bond donors (Lipinski definition) is 1. The van der Waals surface area contributed by atoms with Crippen molar-refractivity contribution in [2.75, 3.05) is 19.6 Å². The van der Waals surface area contributed by atoms with E-state index in [0.717, 1.165) is 6.54 Å². The van der Waals surface area contributed by atoms with E-state index in [1.165, 1.54) is 37.1 Å². The van der Waals surface area contributed by atoms with Crippen molar-refractivity contribution < 1.29 is 0 Å². The highest BCUT2D eigenvalue weighted by Crippen LogP contribution is 2.26. The zero-order valence-electron chi connectivity index (χ0n) is 11.1. The third-order valence-electron chi connectivity index (χ3n) is 3.76. The Kier molecular flexibility index (Phi) is 3.85. The molecular weight excluding hydrogens is 208 g/mol. The predicted octanol–water partition coefficient (Wildman–Crippen LogP) is 2.52. The molecule has 0 amide bonds. The van der Waals surface area contributed by atoms with E-state index in [4.69, 9.17) is 5.73 Å². The van der Waals surface area contributed by atoms with Crippen LogP contribution in [0.4, 0.5) is 0 Å². The van der Waals surface area contributed by atoms with E-state index in [1.807, 2.05) is 0 Å². The Hall–Kier alpha value is -0.860. The predicted molar refractivity (Wildman–Crippen MR) is 73.0 cm³/mol. The van der Waals surface area contributed by atoms with Crippen LogP contribution in [0.1, 0.15) is 37.8 Å². The molecule has 1 aliphatic heterocycles. The molecule has 1 aliphatic rings. The fourth-order valence-electron chi connectivity index (χ4n) is 2.71. The first-order valence-corrected chi connectivity index (χ1v) is 6.64. The lowest BCUT2D eigenvalue weighted by Crippen LogP contribution is -2.35. The van der Waals surface area contributed by atoms with E-state index < -0.39 is 0 Å². The third kappa shape index (κ3) is 3.08. The average Bonchev–Trinajstić information content (AvgIpc) is 2.81. The molecule has 1 fully saturated rings. The summed E-state index contributed by atoms with van der Waals surface area (Å²) in [5, 5.41) is 0. The lowest BCUT2D eigenvalue weighted by Gasteiger charge is -2.31. The van der Waals surface area contributed by atoms with E-state index >= 15 is 0 Å². The first kappa shape index (κ1) is 12.6. The molecule has 2 heteroatoms. The maximum absolute atomic E-state index is 5.72. The number of nitrogens with two attached hydrogens (primary N) is 1. The summed E-state index contributed by atoms with van der Waals surface area (Å²) in [5.41, 5.74) is 8.58. The quantitative estimate of drug-likeness (QED) is 0.864. The number of hydrogen-bond acceptors (Lipinski definition) is 2. The van der Waals surface area contributed by atoms with Crippen molar-refractivity contribution in [3.63, 3.8) is 0 Å². The summed E-state index contributed by atoms with van der Waals surface area (Å²) in [7, 11) is 0. The van der Waals surface area contributed by atoms with E-state index in [9.17, 15) is 0 Å². The first-order chi connectivity index (χ1) is 8.12. The van der Waals surface area contributed by atoms with Crippen molar-refractivity contribution in [3.8, 4) is 0 Å². The van der Waals surface area contributed by atoms with Crippen LogP contribution in [0.3, 0.4) is 0 Å². The van der Waals surface area contributed by atoms with Gasteiger partial charge in [0.2, 0.25) is 0 Å². The van der Waals surface area contributed by atoms with Crippen molar-refractivity contribution in [1.29, 1.82) is 0 Å². The minimum Gasteiger partial charge on any atom is -0.326 e. The molecule has 0 unspecified atom stereocenters. The van der Waals surface area contributed by atoms with E-state index in [-0.39, 0.29) is 5.41 Å². The molecule has 2 rings (SSSR count). The van der Waals surface area contributed by atoms with Crippen molar-refractivity contribution in [2.45, 2.75) is 38.6 Å². The lowest BCUT2D eigenvalue weighted by atomic mass is 9.83. The highest BCUT2D eigenvalue weighted by Gasteiger charge is 2.25. The summed E-state index contributed by atoms with van der Waals surface area (Å²) in [6.07, 6.45) is 2.72. The molecule has 0 radical (unpaired) electrons. The van der Waals surface area contributed by atoms with Gasteiger partial charge in [0.15, 0.2) is 0 Å². The van der Waals surface area contributed by atoms with Crippen molar-refractivity contribution in [1.82, 2.24) is 4.90 Å². The Morgan fingerprint density at radius 1 is 1.24 bits per heavy atom. The molecule has 0 bridgehead atoms. The molecule has 1 aromatic rings. The van der Waals surface area contributed by atoms with Gasteiger partial charge in [0.05, 0.1) is 0 Å². The van der Waals surface area contributed by atoms with Crippen molar-refractivity contribution >= 4 is 0 Å². The topological polar surface area (TPSA) is 29.3 Å². The van der Waals surface area contributed by atoms with Gasteiger partial charge in [-0.1, -0.05) is 38.1 Å². The number of likely N-dealkylation sites (tertiary alicyclic amines) is 1. The molecule has 0 aliphatic carbocycles. The molecule has 0 saturated carbocycles. The van der Waals surface area contributed by atoms with Gasteiger partial charge in [-0.05, 0) is 37.1 Å². The van der Waals surface area contributed by atoms with Gasteiger partial charge in [-0.3, -0.25) is 0 Å². The van der Waals surface area contributed by atoms with Crippen LogP contribution in [-0.2, 0) is 12.0 Å². The molecule has 94 valence electrons. The van der Waals surface area contributed by atoms with Gasteiger partial charge < -0.3 is 10.6 Å². The van der Waals surface area contributed by atoms with Crippen LogP contribution in [0.15, 0.2) is 24.3 Å². The normalized spacial score (nSPS) is 17.6. The second-order valence-corrected chi connectivity index (χ2v) is 5.77. The molecular formula is C15H24N2. The van der Waals surface area contributed by atoms with Gasteiger partial charge >= 0.3 is 0 Å². The smallest absolute Gasteiger partial charge is 0.0178 e. The molecule has 0 spiro atoms. The Balaban J connectivity index is 2.11. The van der Waals surface area contributed by atoms with Gasteiger partial charge in [0.1, 0.15) is 0 Å². The largest absolute Gasteiger partial charge is 0.326 e. The Labute approximate surface area is 105 Å². The second-order valence-electron chi connectivity index (χ2n) is 5.77. The summed E-state index contributed by atoms with van der Waals surface area (Å²) in [4.78, 5) is 2.58. The Morgan fingerprint density at radius 2 is 1.94 bits per heavy atom. The first-order valence-electron chi connectivity index (χ1n) is 6.64. The molecule has 0 aromatic heterocycles. The fraction of sp³-hybridized carbons (Fsp3) is 0.600. The summed E-state index contributed by atoms with van der Waals surface area (Å²) in [5.74, 6) is 0. The van der Waals surface area contributed by atoms with Crippen LogP contribution in [0.2, 0.25) is 0 Å². The summed E-state index contributed by atoms with van der Waals surface area (Å²) >= 11 is 0. The van der Waals surface area contributed by atoms with Crippen LogP contribution >= 0.6 is 0 Å². The maximum atomic E-state index is 5.72. The number of rotatable bonds is 4. The van der Waals surface area contributed by atoms with Crippen LogP contribution in [0.25, 0.3) is 0 Å². The monoisotopic (exact) mass is 232 g/mol. The summed E-state index contributed by atoms with van der Waals surface area (Å²) in [6.45, 7) is 8.98. The summed E-state index contributed by atoms with van der Waals surface area (Å²) < 4.78 is 0. The lowest BCUT2D eigenvalue weighted by molar-refractivity contribution is 0.269. The number of benzene rings is 1. The molecule has 0 atom stereocenters. The number of nitrogens with zero attached hydrogens (tertiary/aromatic N) is 1. The van der Waals surface area contributed by atoms with Gasteiger partial charge in [0.25, 0.3) is 0 Å². The van der Waals surface area contributed by atoms with E-state index in [0.29, 0.717) is 6.54 Å². The van der Waals surface area contributed by atoms with Crippen molar-refractivity contribution in [3.05, 3.63) is 35.4 Å². The third-order valence-corrected chi connectivity index (χ3v) is 3.76. The highest BCUT2D eigenvalue weighted by atomic mass is 15.1. The Bertz CT molecular complexity index is 365. The van der Waals surface area contributed by atoms with Crippen molar-refractivity contribution in [2.24, 2.45) is 5.73 Å². The van der Waals surface area contributed by atoms with Crippen LogP contribution in [-0.4, -0.2) is 24.5 Å². The molecule has 1 aromatic carbocycles.